The summed E-state index contributed by atoms with van der Waals surface area (Å²) in [6.45, 7) is 0. The number of aromatic nitrogens is 1. The molecule has 0 radical (unpaired) electrons. The predicted octanol–water partition coefficient (Wildman–Crippen LogP) is 4.22. The monoisotopic (exact) mass is 309 g/mol. The summed E-state index contributed by atoms with van der Waals surface area (Å²) in [5, 5.41) is 10.1. The number of rotatable bonds is 2. The highest BCUT2D eigenvalue weighted by Crippen LogP contribution is 2.37. The minimum Gasteiger partial charge on any atom is -0.477 e. The number of hydrogen-bond donors (Lipinski definition) is 1. The van der Waals surface area contributed by atoms with Gasteiger partial charge in [-0.3, -0.25) is 0 Å². The minimum atomic E-state index is -0.998. The number of fused-ring (bicyclic) bond motifs is 1. The van der Waals surface area contributed by atoms with E-state index in [0.29, 0.717) is 16.0 Å². The molecule has 0 aliphatic heterocycles. The van der Waals surface area contributed by atoms with E-state index < -0.39 is 5.97 Å². The van der Waals surface area contributed by atoms with Gasteiger partial charge in [0.1, 0.15) is 15.5 Å². The van der Waals surface area contributed by atoms with Gasteiger partial charge in [-0.2, -0.15) is 0 Å². The average Bonchev–Trinajstić information content (AvgIpc) is 2.79. The maximum atomic E-state index is 13.0. The van der Waals surface area contributed by atoms with Crippen molar-refractivity contribution in [1.29, 1.82) is 0 Å². The third kappa shape index (κ3) is 2.37. The first-order chi connectivity index (χ1) is 9.16. The topological polar surface area (TPSA) is 50.2 Å². The normalized spacial score (nSPS) is 10.2. The Hall–Kier alpha value is -1.98. The first-order valence-electron chi connectivity index (χ1n) is 5.53. The number of aromatic carboxylic acids is 1. The quantitative estimate of drug-likeness (QED) is 0.771. The van der Waals surface area contributed by atoms with Gasteiger partial charge in [0.2, 0.25) is 0 Å². The lowest BCUT2D eigenvalue weighted by Gasteiger charge is -2.02. The van der Waals surface area contributed by atoms with Crippen LogP contribution < -0.4 is 0 Å². The third-order valence-electron chi connectivity index (χ3n) is 2.79. The molecular formula is C14H9ClFNO2S. The lowest BCUT2D eigenvalue weighted by Crippen LogP contribution is -1.94. The highest BCUT2D eigenvalue weighted by atomic mass is 35.5. The maximum Gasteiger partial charge on any atom is 0.346 e. The number of thiophene rings is 1. The van der Waals surface area contributed by atoms with Crippen LogP contribution in [-0.4, -0.2) is 16.1 Å². The number of carbonyl (C=O) groups is 1. The average molecular weight is 310 g/mol. The van der Waals surface area contributed by atoms with E-state index in [1.165, 1.54) is 12.1 Å². The molecular weight excluding hydrogens is 301 g/mol. The summed E-state index contributed by atoms with van der Waals surface area (Å²) in [7, 11) is 0. The van der Waals surface area contributed by atoms with Crippen molar-refractivity contribution in [3.05, 3.63) is 53.3 Å². The fourth-order valence-corrected chi connectivity index (χ4v) is 2.99. The zero-order chi connectivity index (χ0) is 13.4. The molecule has 3 nitrogen and oxygen atoms in total. The van der Waals surface area contributed by atoms with E-state index in [2.05, 4.69) is 4.98 Å². The Kier molecular flexibility index (Phi) is 4.01. The van der Waals surface area contributed by atoms with Crippen molar-refractivity contribution in [1.82, 2.24) is 4.98 Å². The largest absolute Gasteiger partial charge is 0.477 e. The van der Waals surface area contributed by atoms with E-state index in [1.54, 1.807) is 24.4 Å². The fourth-order valence-electron chi connectivity index (χ4n) is 1.99. The molecule has 0 aliphatic rings. The Morgan fingerprint density at radius 3 is 2.55 bits per heavy atom. The summed E-state index contributed by atoms with van der Waals surface area (Å²) < 4.78 is 13.0. The van der Waals surface area contributed by atoms with Crippen LogP contribution in [0.5, 0.6) is 0 Å². The Labute approximate surface area is 124 Å². The number of carboxylic acids is 1. The smallest absolute Gasteiger partial charge is 0.346 e. The van der Waals surface area contributed by atoms with Crippen molar-refractivity contribution in [3.63, 3.8) is 0 Å². The van der Waals surface area contributed by atoms with E-state index >= 15 is 0 Å². The van der Waals surface area contributed by atoms with Crippen LogP contribution in [0.4, 0.5) is 4.39 Å². The van der Waals surface area contributed by atoms with Gasteiger partial charge in [-0.1, -0.05) is 12.1 Å². The predicted molar refractivity (Wildman–Crippen MR) is 79.2 cm³/mol. The Morgan fingerprint density at radius 1 is 1.20 bits per heavy atom. The highest BCUT2D eigenvalue weighted by Gasteiger charge is 2.19. The van der Waals surface area contributed by atoms with Crippen molar-refractivity contribution in [3.8, 4) is 11.1 Å². The molecule has 20 heavy (non-hydrogen) atoms. The molecule has 6 heteroatoms. The van der Waals surface area contributed by atoms with E-state index in [1.807, 2.05) is 6.07 Å². The van der Waals surface area contributed by atoms with Crippen molar-refractivity contribution in [2.45, 2.75) is 0 Å². The molecule has 0 unspecified atom stereocenters. The summed E-state index contributed by atoms with van der Waals surface area (Å²) in [6, 6.07) is 9.38. The van der Waals surface area contributed by atoms with E-state index in [4.69, 9.17) is 0 Å². The second-order valence-electron chi connectivity index (χ2n) is 3.97. The summed E-state index contributed by atoms with van der Waals surface area (Å²) in [5.41, 5.74) is 1.28. The molecule has 0 amide bonds. The highest BCUT2D eigenvalue weighted by molar-refractivity contribution is 7.21. The maximum absolute atomic E-state index is 13.0. The molecule has 1 aromatic carbocycles. The number of hydrogen-bond acceptors (Lipinski definition) is 3. The van der Waals surface area contributed by atoms with Crippen molar-refractivity contribution < 1.29 is 14.3 Å². The molecule has 0 atom stereocenters. The molecule has 0 saturated carbocycles. The molecule has 2 aromatic heterocycles. The zero-order valence-electron chi connectivity index (χ0n) is 10.0. The van der Waals surface area contributed by atoms with Gasteiger partial charge in [0, 0.05) is 17.1 Å². The molecule has 102 valence electrons. The Morgan fingerprint density at radius 2 is 1.90 bits per heavy atom. The van der Waals surface area contributed by atoms with Crippen LogP contribution in [-0.2, 0) is 0 Å². The number of halogens is 2. The van der Waals surface area contributed by atoms with Crippen LogP contribution in [0.2, 0.25) is 0 Å². The molecule has 3 rings (SSSR count). The van der Waals surface area contributed by atoms with Gasteiger partial charge < -0.3 is 5.11 Å². The van der Waals surface area contributed by atoms with Crippen LogP contribution in [0.15, 0.2) is 42.6 Å². The van der Waals surface area contributed by atoms with Crippen LogP contribution in [0.3, 0.4) is 0 Å². The first-order valence-corrected chi connectivity index (χ1v) is 6.35. The Balaban J connectivity index is 0.00000147. The molecule has 0 fully saturated rings. The van der Waals surface area contributed by atoms with Crippen LogP contribution in [0.1, 0.15) is 9.67 Å². The van der Waals surface area contributed by atoms with Gasteiger partial charge in [0.05, 0.1) is 0 Å². The van der Waals surface area contributed by atoms with Crippen LogP contribution >= 0.6 is 23.7 Å². The van der Waals surface area contributed by atoms with Crippen molar-refractivity contribution in [2.24, 2.45) is 0 Å². The standard InChI is InChI=1S/C14H8FNO2S.ClH/c15-9-5-3-8(4-6-9)11-10-2-1-7-16-13(10)19-12(11)14(17)18;/h1-7H,(H,17,18);1H. The minimum absolute atomic E-state index is 0. The molecule has 2 heterocycles. The van der Waals surface area contributed by atoms with E-state index in [9.17, 15) is 14.3 Å². The molecule has 0 bridgehead atoms. The summed E-state index contributed by atoms with van der Waals surface area (Å²) in [4.78, 5) is 16.4. The van der Waals surface area contributed by atoms with Gasteiger partial charge in [0.25, 0.3) is 0 Å². The second-order valence-corrected chi connectivity index (χ2v) is 4.97. The lowest BCUT2D eigenvalue weighted by molar-refractivity contribution is 0.0703. The number of pyridine rings is 1. The second kappa shape index (κ2) is 5.56. The molecule has 1 N–H and O–H groups in total. The summed E-state index contributed by atoms with van der Waals surface area (Å²) in [6.07, 6.45) is 1.62. The molecule has 0 saturated heterocycles. The first kappa shape index (κ1) is 14.4. The van der Waals surface area contributed by atoms with Crippen molar-refractivity contribution >= 4 is 39.9 Å². The van der Waals surface area contributed by atoms with Crippen molar-refractivity contribution in [2.75, 3.05) is 0 Å². The van der Waals surface area contributed by atoms with Gasteiger partial charge in [-0.25, -0.2) is 14.2 Å². The lowest BCUT2D eigenvalue weighted by atomic mass is 10.0. The van der Waals surface area contributed by atoms with Gasteiger partial charge in [-0.05, 0) is 29.8 Å². The fraction of sp³-hybridized carbons (Fsp3) is 0. The van der Waals surface area contributed by atoms with Gasteiger partial charge in [-0.15, -0.1) is 23.7 Å². The Bertz CT molecular complexity index is 770. The number of benzene rings is 1. The zero-order valence-corrected chi connectivity index (χ0v) is 11.7. The summed E-state index contributed by atoms with van der Waals surface area (Å²) >= 11 is 1.13. The molecule has 3 aromatic rings. The number of carboxylic acid groups (broad SMARTS) is 1. The SMILES string of the molecule is Cl.O=C(O)c1sc2ncccc2c1-c1ccc(F)cc1. The van der Waals surface area contributed by atoms with E-state index in [0.717, 1.165) is 16.7 Å². The van der Waals surface area contributed by atoms with Crippen LogP contribution in [0, 0.1) is 5.82 Å². The van der Waals surface area contributed by atoms with Gasteiger partial charge >= 0.3 is 5.97 Å². The third-order valence-corrected chi connectivity index (χ3v) is 3.89. The summed E-state index contributed by atoms with van der Waals surface area (Å²) in [5.74, 6) is -1.35. The molecule has 0 aliphatic carbocycles. The molecule has 0 spiro atoms. The number of nitrogens with zero attached hydrogens (tertiary/aromatic N) is 1. The van der Waals surface area contributed by atoms with Gasteiger partial charge in [0.15, 0.2) is 0 Å². The van der Waals surface area contributed by atoms with E-state index in [-0.39, 0.29) is 23.1 Å². The van der Waals surface area contributed by atoms with Crippen LogP contribution in [0.25, 0.3) is 21.3 Å².